The maximum absolute atomic E-state index is 12.7. The van der Waals surface area contributed by atoms with Crippen molar-refractivity contribution < 1.29 is 12.8 Å². The third kappa shape index (κ3) is 3.19. The fourth-order valence-corrected chi connectivity index (χ4v) is 4.11. The summed E-state index contributed by atoms with van der Waals surface area (Å²) in [5.74, 6) is 1.01. The highest BCUT2D eigenvalue weighted by Crippen LogP contribution is 2.29. The van der Waals surface area contributed by atoms with Gasteiger partial charge < -0.3 is 10.2 Å². The zero-order valence-corrected chi connectivity index (χ0v) is 13.0. The van der Waals surface area contributed by atoms with Gasteiger partial charge in [0.25, 0.3) is 0 Å². The fraction of sp³-hybridized carbons (Fsp3) is 0.692. The molecular weight excluding hydrogens is 264 g/mol. The topological polar surface area (TPSA) is 76.5 Å². The van der Waals surface area contributed by atoms with Gasteiger partial charge in [-0.2, -0.15) is 4.31 Å². The molecule has 0 spiro atoms. The molecule has 0 bridgehead atoms. The Morgan fingerprint density at radius 1 is 1.21 bits per heavy atom. The van der Waals surface area contributed by atoms with Crippen molar-refractivity contribution in [3.05, 3.63) is 17.1 Å². The van der Waals surface area contributed by atoms with Gasteiger partial charge in [0.05, 0.1) is 0 Å². The molecule has 1 rings (SSSR count). The van der Waals surface area contributed by atoms with Crippen molar-refractivity contribution in [2.24, 2.45) is 5.73 Å². The average Bonchev–Trinajstić information content (AvgIpc) is 2.64. The number of hydrogen-bond acceptors (Lipinski definition) is 4. The van der Waals surface area contributed by atoms with Crippen LogP contribution >= 0.6 is 0 Å². The first-order valence-electron chi connectivity index (χ1n) is 6.69. The Labute approximate surface area is 115 Å². The lowest BCUT2D eigenvalue weighted by Gasteiger charge is -2.20. The fourth-order valence-electron chi connectivity index (χ4n) is 2.20. The molecule has 0 aliphatic carbocycles. The molecular formula is C13H24N2O3S. The Morgan fingerprint density at radius 2 is 1.84 bits per heavy atom. The van der Waals surface area contributed by atoms with E-state index in [1.807, 2.05) is 13.8 Å². The third-order valence-corrected chi connectivity index (χ3v) is 5.41. The number of rotatable bonds is 7. The molecule has 110 valence electrons. The Balaban J connectivity index is 3.25. The highest BCUT2D eigenvalue weighted by Gasteiger charge is 2.30. The summed E-state index contributed by atoms with van der Waals surface area (Å²) < 4.78 is 32.3. The zero-order chi connectivity index (χ0) is 14.6. The van der Waals surface area contributed by atoms with Gasteiger partial charge in [-0.05, 0) is 20.3 Å². The van der Waals surface area contributed by atoms with Crippen LogP contribution in [0.5, 0.6) is 0 Å². The number of furan rings is 1. The van der Waals surface area contributed by atoms with E-state index in [1.165, 1.54) is 4.31 Å². The number of hydrogen-bond donors (Lipinski definition) is 1. The molecule has 0 radical (unpaired) electrons. The van der Waals surface area contributed by atoms with Crippen molar-refractivity contribution in [2.75, 3.05) is 13.1 Å². The van der Waals surface area contributed by atoms with Crippen LogP contribution in [-0.2, 0) is 16.6 Å². The molecule has 0 fully saturated rings. The Morgan fingerprint density at radius 3 is 2.32 bits per heavy atom. The SMILES string of the molecule is CCCCN(CC)S(=O)(=O)c1c(C)oc(C)c1CN. The Hall–Kier alpha value is -0.850. The van der Waals surface area contributed by atoms with Gasteiger partial charge in [0.15, 0.2) is 0 Å². The summed E-state index contributed by atoms with van der Waals surface area (Å²) >= 11 is 0. The number of sulfonamides is 1. The summed E-state index contributed by atoms with van der Waals surface area (Å²) in [5, 5.41) is 0. The summed E-state index contributed by atoms with van der Waals surface area (Å²) in [5.41, 5.74) is 6.25. The monoisotopic (exact) mass is 288 g/mol. The molecule has 1 aromatic heterocycles. The van der Waals surface area contributed by atoms with Gasteiger partial charge in [-0.3, -0.25) is 0 Å². The molecule has 0 saturated carbocycles. The molecule has 0 unspecified atom stereocenters. The minimum Gasteiger partial charge on any atom is -0.465 e. The molecule has 2 N–H and O–H groups in total. The number of unbranched alkanes of at least 4 members (excludes halogenated alkanes) is 1. The number of aryl methyl sites for hydroxylation is 2. The van der Waals surface area contributed by atoms with Gasteiger partial charge in [-0.1, -0.05) is 20.3 Å². The Kier molecular flexibility index (Phi) is 5.58. The highest BCUT2D eigenvalue weighted by atomic mass is 32.2. The van der Waals surface area contributed by atoms with Gasteiger partial charge in [0, 0.05) is 25.2 Å². The molecule has 19 heavy (non-hydrogen) atoms. The lowest BCUT2D eigenvalue weighted by molar-refractivity contribution is 0.416. The maximum atomic E-state index is 12.7. The van der Waals surface area contributed by atoms with Crippen LogP contribution in [-0.4, -0.2) is 25.8 Å². The molecule has 0 saturated heterocycles. The van der Waals surface area contributed by atoms with E-state index < -0.39 is 10.0 Å². The maximum Gasteiger partial charge on any atom is 0.246 e. The Bertz CT molecular complexity index is 520. The lowest BCUT2D eigenvalue weighted by atomic mass is 10.2. The van der Waals surface area contributed by atoms with Crippen molar-refractivity contribution in [3.63, 3.8) is 0 Å². The molecule has 0 aromatic carbocycles. The van der Waals surface area contributed by atoms with E-state index in [4.69, 9.17) is 10.2 Å². The average molecular weight is 288 g/mol. The van der Waals surface area contributed by atoms with Crippen LogP contribution in [0, 0.1) is 13.8 Å². The summed E-state index contributed by atoms with van der Waals surface area (Å²) in [6.45, 7) is 8.46. The molecule has 0 atom stereocenters. The van der Waals surface area contributed by atoms with Crippen molar-refractivity contribution in [3.8, 4) is 0 Å². The van der Waals surface area contributed by atoms with Gasteiger partial charge in [-0.25, -0.2) is 8.42 Å². The first-order chi connectivity index (χ1) is 8.89. The van der Waals surface area contributed by atoms with E-state index in [2.05, 4.69) is 0 Å². The van der Waals surface area contributed by atoms with E-state index in [0.29, 0.717) is 30.2 Å². The standard InChI is InChI=1S/C13H24N2O3S/c1-5-7-8-15(6-2)19(16,17)13-11(4)18-10(3)12(13)9-14/h5-9,14H2,1-4H3. The second-order valence-electron chi connectivity index (χ2n) is 4.58. The molecule has 0 aliphatic heterocycles. The summed E-state index contributed by atoms with van der Waals surface area (Å²) in [6.07, 6.45) is 1.81. The van der Waals surface area contributed by atoms with Crippen LogP contribution in [0.4, 0.5) is 0 Å². The lowest BCUT2D eigenvalue weighted by Crippen LogP contribution is -2.32. The normalized spacial score (nSPS) is 12.3. The van der Waals surface area contributed by atoms with Crippen LogP contribution in [0.2, 0.25) is 0 Å². The minimum atomic E-state index is -3.52. The summed E-state index contributed by atoms with van der Waals surface area (Å²) in [6, 6.07) is 0. The summed E-state index contributed by atoms with van der Waals surface area (Å²) in [7, 11) is -3.52. The summed E-state index contributed by atoms with van der Waals surface area (Å²) in [4.78, 5) is 0.255. The van der Waals surface area contributed by atoms with E-state index >= 15 is 0 Å². The highest BCUT2D eigenvalue weighted by molar-refractivity contribution is 7.89. The van der Waals surface area contributed by atoms with Crippen LogP contribution in [0.3, 0.4) is 0 Å². The van der Waals surface area contributed by atoms with Crippen LogP contribution in [0.25, 0.3) is 0 Å². The van der Waals surface area contributed by atoms with Crippen molar-refractivity contribution in [2.45, 2.75) is 52.0 Å². The first-order valence-corrected chi connectivity index (χ1v) is 8.13. The minimum absolute atomic E-state index is 0.170. The molecule has 6 heteroatoms. The van der Waals surface area contributed by atoms with Gasteiger partial charge in [-0.15, -0.1) is 0 Å². The van der Waals surface area contributed by atoms with E-state index in [-0.39, 0.29) is 11.4 Å². The number of nitrogens with zero attached hydrogens (tertiary/aromatic N) is 1. The molecule has 5 nitrogen and oxygen atoms in total. The quantitative estimate of drug-likeness (QED) is 0.834. The van der Waals surface area contributed by atoms with Crippen molar-refractivity contribution in [1.82, 2.24) is 4.31 Å². The smallest absolute Gasteiger partial charge is 0.246 e. The van der Waals surface area contributed by atoms with E-state index in [1.54, 1.807) is 13.8 Å². The second kappa shape index (κ2) is 6.54. The van der Waals surface area contributed by atoms with E-state index in [0.717, 1.165) is 12.8 Å². The largest absolute Gasteiger partial charge is 0.465 e. The zero-order valence-electron chi connectivity index (χ0n) is 12.2. The molecule has 0 amide bonds. The third-order valence-electron chi connectivity index (χ3n) is 3.24. The number of nitrogens with two attached hydrogens (primary N) is 1. The predicted octanol–water partition coefficient (Wildman–Crippen LogP) is 2.17. The van der Waals surface area contributed by atoms with E-state index in [9.17, 15) is 8.42 Å². The predicted molar refractivity (Wildman–Crippen MR) is 75.4 cm³/mol. The molecule has 1 aromatic rings. The van der Waals surface area contributed by atoms with Gasteiger partial charge in [0.1, 0.15) is 16.4 Å². The van der Waals surface area contributed by atoms with Crippen molar-refractivity contribution in [1.29, 1.82) is 0 Å². The molecule has 0 aliphatic rings. The molecule has 1 heterocycles. The van der Waals surface area contributed by atoms with Crippen LogP contribution < -0.4 is 5.73 Å². The van der Waals surface area contributed by atoms with Crippen molar-refractivity contribution >= 4 is 10.0 Å². The van der Waals surface area contributed by atoms with Crippen LogP contribution in [0.1, 0.15) is 43.8 Å². The van der Waals surface area contributed by atoms with Gasteiger partial charge >= 0.3 is 0 Å². The first kappa shape index (κ1) is 16.2. The van der Waals surface area contributed by atoms with Crippen LogP contribution in [0.15, 0.2) is 9.31 Å². The second-order valence-corrected chi connectivity index (χ2v) is 6.45. The van der Waals surface area contributed by atoms with Gasteiger partial charge in [0.2, 0.25) is 10.0 Å².